The minimum absolute atomic E-state index is 0.0449. The Bertz CT molecular complexity index is 963. The number of rotatable bonds is 14. The van der Waals surface area contributed by atoms with E-state index in [1.807, 2.05) is 13.8 Å². The van der Waals surface area contributed by atoms with Gasteiger partial charge in [0.15, 0.2) is 23.3 Å². The minimum Gasteiger partial charge on any atom is -0.370 e. The van der Waals surface area contributed by atoms with E-state index in [-0.39, 0.29) is 55.2 Å². The van der Waals surface area contributed by atoms with Crippen molar-refractivity contribution in [3.8, 4) is 0 Å². The lowest BCUT2D eigenvalue weighted by molar-refractivity contribution is -0.142. The first-order valence-electron chi connectivity index (χ1n) is 12.3. The van der Waals surface area contributed by atoms with Gasteiger partial charge in [-0.25, -0.2) is 4.39 Å². The molecule has 198 valence electrons. The van der Waals surface area contributed by atoms with Crippen LogP contribution in [0, 0.1) is 17.8 Å². The van der Waals surface area contributed by atoms with Crippen LogP contribution in [0.5, 0.6) is 0 Å². The Morgan fingerprint density at radius 2 is 1.81 bits per heavy atom. The van der Waals surface area contributed by atoms with Gasteiger partial charge >= 0.3 is 0 Å². The molecule has 1 aliphatic rings. The molecular formula is C26H36BrFN4O4. The minimum atomic E-state index is -1.15. The van der Waals surface area contributed by atoms with Gasteiger partial charge in [0.1, 0.15) is 6.67 Å². The lowest BCUT2D eigenvalue weighted by Crippen LogP contribution is -2.45. The van der Waals surface area contributed by atoms with Crippen molar-refractivity contribution in [3.05, 3.63) is 34.3 Å². The first-order valence-corrected chi connectivity index (χ1v) is 13.1. The normalized spacial score (nSPS) is 17.0. The molecule has 2 rings (SSSR count). The van der Waals surface area contributed by atoms with Gasteiger partial charge in [-0.2, -0.15) is 0 Å². The zero-order valence-electron chi connectivity index (χ0n) is 20.9. The number of guanidine groups is 1. The molecule has 10 heteroatoms. The number of likely N-dealkylation sites (tertiary alicyclic amines) is 1. The van der Waals surface area contributed by atoms with E-state index in [9.17, 15) is 23.6 Å². The molecule has 1 heterocycles. The van der Waals surface area contributed by atoms with Crippen LogP contribution in [0.15, 0.2) is 33.7 Å². The summed E-state index contributed by atoms with van der Waals surface area (Å²) < 4.78 is 14.0. The molecule has 0 saturated carbocycles. The van der Waals surface area contributed by atoms with Gasteiger partial charge in [-0.1, -0.05) is 41.9 Å². The van der Waals surface area contributed by atoms with Gasteiger partial charge in [-0.3, -0.25) is 24.2 Å². The van der Waals surface area contributed by atoms with Crippen LogP contribution in [-0.4, -0.2) is 59.9 Å². The molecule has 1 saturated heterocycles. The maximum atomic E-state index is 13.5. The number of carbonyl (C=O) groups is 4. The summed E-state index contributed by atoms with van der Waals surface area (Å²) in [6, 6.07) is 6.31. The van der Waals surface area contributed by atoms with Crippen LogP contribution in [0.25, 0.3) is 0 Å². The second-order valence-electron chi connectivity index (χ2n) is 9.59. The molecule has 1 aliphatic heterocycles. The maximum absolute atomic E-state index is 13.5. The van der Waals surface area contributed by atoms with E-state index in [1.54, 1.807) is 29.2 Å². The Kier molecular flexibility index (Phi) is 11.7. The monoisotopic (exact) mass is 566 g/mol. The first kappa shape index (κ1) is 29.6. The molecule has 0 aliphatic carbocycles. The predicted molar refractivity (Wildman–Crippen MR) is 140 cm³/mol. The average Bonchev–Trinajstić information content (AvgIpc) is 3.33. The number of halogens is 2. The van der Waals surface area contributed by atoms with Crippen molar-refractivity contribution in [1.29, 1.82) is 0 Å². The van der Waals surface area contributed by atoms with Crippen molar-refractivity contribution in [1.82, 2.24) is 4.90 Å². The number of ketones is 3. The van der Waals surface area contributed by atoms with Gasteiger partial charge in [0.25, 0.3) is 0 Å². The number of nitrogens with two attached hydrogens (primary N) is 2. The Labute approximate surface area is 220 Å². The SMILES string of the molecule is CC(C)[C@H](CC(=O)c1ccc(Br)cc1)C(=O)N1CCC[C@H]1C(=O)C[C@@H](CCCN=C(N)N)C(=O)CF. The third-order valence-corrected chi connectivity index (χ3v) is 7.17. The summed E-state index contributed by atoms with van der Waals surface area (Å²) in [7, 11) is 0. The molecule has 0 radical (unpaired) electrons. The van der Waals surface area contributed by atoms with Crippen molar-refractivity contribution in [2.45, 2.75) is 58.4 Å². The Balaban J connectivity index is 2.09. The third kappa shape index (κ3) is 8.50. The number of hydrogen-bond donors (Lipinski definition) is 2. The van der Waals surface area contributed by atoms with Gasteiger partial charge in [0.2, 0.25) is 5.91 Å². The zero-order valence-corrected chi connectivity index (χ0v) is 22.5. The van der Waals surface area contributed by atoms with Crippen molar-refractivity contribution in [2.75, 3.05) is 19.8 Å². The smallest absolute Gasteiger partial charge is 0.227 e. The first-order chi connectivity index (χ1) is 17.0. The molecule has 0 unspecified atom stereocenters. The van der Waals surface area contributed by atoms with E-state index in [0.29, 0.717) is 31.4 Å². The highest BCUT2D eigenvalue weighted by molar-refractivity contribution is 9.10. The second-order valence-corrected chi connectivity index (χ2v) is 10.5. The van der Waals surface area contributed by atoms with Gasteiger partial charge in [0.05, 0.1) is 6.04 Å². The number of carbonyl (C=O) groups excluding carboxylic acids is 4. The summed E-state index contributed by atoms with van der Waals surface area (Å²) in [5.41, 5.74) is 11.1. The largest absolute Gasteiger partial charge is 0.370 e. The van der Waals surface area contributed by atoms with Crippen molar-refractivity contribution in [3.63, 3.8) is 0 Å². The predicted octanol–water partition coefficient (Wildman–Crippen LogP) is 3.45. The highest BCUT2D eigenvalue weighted by atomic mass is 79.9. The average molecular weight is 568 g/mol. The Morgan fingerprint density at radius 3 is 2.39 bits per heavy atom. The number of nitrogens with zero attached hydrogens (tertiary/aromatic N) is 2. The number of benzene rings is 1. The van der Waals surface area contributed by atoms with Crippen LogP contribution in [-0.2, 0) is 14.4 Å². The van der Waals surface area contributed by atoms with Crippen molar-refractivity contribution >= 4 is 45.1 Å². The Hall–Kier alpha value is -2.62. The van der Waals surface area contributed by atoms with E-state index in [1.165, 1.54) is 0 Å². The number of aliphatic imine (C=N–C) groups is 1. The summed E-state index contributed by atoms with van der Waals surface area (Å²) in [5.74, 6) is -2.78. The topological polar surface area (TPSA) is 136 Å². The Morgan fingerprint density at radius 1 is 1.14 bits per heavy atom. The fourth-order valence-corrected chi connectivity index (χ4v) is 4.81. The molecule has 1 fully saturated rings. The molecule has 1 amide bonds. The van der Waals surface area contributed by atoms with Gasteiger partial charge < -0.3 is 16.4 Å². The standard InChI is InChI=1S/C26H36BrFN4O4/c1-16(2)20(14-22(33)17-7-9-19(27)10-8-17)25(36)32-12-4-6-21(32)23(34)13-18(24(35)15-28)5-3-11-31-26(29)30/h7-10,16,18,20-21H,3-6,11-15H2,1-2H3,(H4,29,30,31)/t18-,20+,21+/m1/s1. The van der Waals surface area contributed by atoms with Crippen LogP contribution in [0.3, 0.4) is 0 Å². The van der Waals surface area contributed by atoms with Crippen LogP contribution in [0.1, 0.15) is 62.7 Å². The molecule has 1 aromatic carbocycles. The molecule has 8 nitrogen and oxygen atoms in total. The fraction of sp³-hybridized carbons (Fsp3) is 0.577. The molecule has 0 aromatic heterocycles. The summed E-state index contributed by atoms with van der Waals surface area (Å²) in [4.78, 5) is 57.1. The lowest BCUT2D eigenvalue weighted by Gasteiger charge is -2.30. The van der Waals surface area contributed by atoms with Gasteiger partial charge in [-0.15, -0.1) is 0 Å². The zero-order chi connectivity index (χ0) is 26.8. The van der Waals surface area contributed by atoms with Gasteiger partial charge in [0, 0.05) is 47.8 Å². The molecule has 1 aromatic rings. The second kappa shape index (κ2) is 14.2. The van der Waals surface area contributed by atoms with E-state index in [2.05, 4.69) is 20.9 Å². The summed E-state index contributed by atoms with van der Waals surface area (Å²) in [6.45, 7) is 3.31. The van der Waals surface area contributed by atoms with Crippen molar-refractivity contribution < 1.29 is 23.6 Å². The van der Waals surface area contributed by atoms with E-state index >= 15 is 0 Å². The number of Topliss-reactive ketones (excluding diaryl/α,β-unsaturated/α-hetero) is 3. The summed E-state index contributed by atoms with van der Waals surface area (Å²) in [6.07, 6.45) is 1.76. The van der Waals surface area contributed by atoms with Crippen LogP contribution < -0.4 is 11.5 Å². The van der Waals surface area contributed by atoms with Crippen LogP contribution >= 0.6 is 15.9 Å². The quantitative estimate of drug-likeness (QED) is 0.153. The highest BCUT2D eigenvalue weighted by Crippen LogP contribution is 2.29. The van der Waals surface area contributed by atoms with E-state index in [0.717, 1.165) is 4.47 Å². The van der Waals surface area contributed by atoms with Crippen molar-refractivity contribution in [2.24, 2.45) is 34.2 Å². The number of alkyl halides is 1. The fourth-order valence-electron chi connectivity index (χ4n) is 4.55. The van der Waals surface area contributed by atoms with Gasteiger partial charge in [-0.05, 0) is 43.7 Å². The molecule has 36 heavy (non-hydrogen) atoms. The molecular weight excluding hydrogens is 531 g/mol. The highest BCUT2D eigenvalue weighted by Gasteiger charge is 2.39. The van der Waals surface area contributed by atoms with Crippen LogP contribution in [0.2, 0.25) is 0 Å². The molecule has 4 N–H and O–H groups in total. The molecule has 3 atom stereocenters. The molecule has 0 spiro atoms. The van der Waals surface area contributed by atoms with E-state index in [4.69, 9.17) is 11.5 Å². The summed E-state index contributed by atoms with van der Waals surface area (Å²) >= 11 is 3.35. The third-order valence-electron chi connectivity index (χ3n) is 6.64. The summed E-state index contributed by atoms with van der Waals surface area (Å²) in [5, 5.41) is 0. The lowest BCUT2D eigenvalue weighted by atomic mass is 9.86. The van der Waals surface area contributed by atoms with Crippen LogP contribution in [0.4, 0.5) is 4.39 Å². The number of amides is 1. The number of hydrogen-bond acceptors (Lipinski definition) is 5. The maximum Gasteiger partial charge on any atom is 0.227 e. The van der Waals surface area contributed by atoms with E-state index < -0.39 is 30.3 Å². The molecule has 0 bridgehead atoms.